The van der Waals surface area contributed by atoms with Crippen LogP contribution in [0.25, 0.3) is 6.08 Å². The van der Waals surface area contributed by atoms with Crippen LogP contribution in [0, 0.1) is 5.92 Å². The standard InChI is InChI=1S/C23H21ClF3N3OS/c1-15-7-9-17(11-16-8-10-18(24)12-20(16)23(25,26)27)22(15,31)13-30-21(28-14-29-30)32-19-5-3-2-4-6-19/h2-6,8,10-12,14-15,31H,7,9,13H2,1H3/b17-11+. The van der Waals surface area contributed by atoms with Crippen LogP contribution in [0.1, 0.15) is 30.9 Å². The lowest BCUT2D eigenvalue weighted by atomic mass is 9.87. The van der Waals surface area contributed by atoms with Crippen molar-refractivity contribution in [3.8, 4) is 0 Å². The molecule has 168 valence electrons. The molecule has 4 rings (SSSR count). The summed E-state index contributed by atoms with van der Waals surface area (Å²) >= 11 is 7.22. The summed E-state index contributed by atoms with van der Waals surface area (Å²) in [5, 5.41) is 16.5. The van der Waals surface area contributed by atoms with Crippen molar-refractivity contribution in [2.24, 2.45) is 5.92 Å². The van der Waals surface area contributed by atoms with Crippen molar-refractivity contribution in [2.75, 3.05) is 0 Å². The summed E-state index contributed by atoms with van der Waals surface area (Å²) in [5.41, 5.74) is -1.63. The maximum Gasteiger partial charge on any atom is 0.417 e. The lowest BCUT2D eigenvalue weighted by molar-refractivity contribution is -0.137. The molecule has 32 heavy (non-hydrogen) atoms. The summed E-state index contributed by atoms with van der Waals surface area (Å²) in [4.78, 5) is 5.27. The summed E-state index contributed by atoms with van der Waals surface area (Å²) in [6.45, 7) is 2.00. The Hall–Kier alpha value is -2.29. The van der Waals surface area contributed by atoms with Gasteiger partial charge < -0.3 is 5.11 Å². The van der Waals surface area contributed by atoms with E-state index in [2.05, 4.69) is 10.1 Å². The number of aromatic nitrogens is 3. The average Bonchev–Trinajstić information content (AvgIpc) is 3.28. The van der Waals surface area contributed by atoms with Crippen molar-refractivity contribution >= 4 is 29.4 Å². The molecule has 2 unspecified atom stereocenters. The Kier molecular flexibility index (Phi) is 6.38. The van der Waals surface area contributed by atoms with Gasteiger partial charge in [-0.25, -0.2) is 9.67 Å². The van der Waals surface area contributed by atoms with E-state index in [4.69, 9.17) is 11.6 Å². The summed E-state index contributed by atoms with van der Waals surface area (Å²) in [6.07, 6.45) is -0.534. The van der Waals surface area contributed by atoms with Gasteiger partial charge in [-0.05, 0) is 54.2 Å². The van der Waals surface area contributed by atoms with Gasteiger partial charge in [-0.15, -0.1) is 0 Å². The highest BCUT2D eigenvalue weighted by atomic mass is 35.5. The van der Waals surface area contributed by atoms with Gasteiger partial charge in [-0.3, -0.25) is 0 Å². The second kappa shape index (κ2) is 8.92. The van der Waals surface area contributed by atoms with E-state index < -0.39 is 17.3 Å². The van der Waals surface area contributed by atoms with Crippen LogP contribution in [-0.2, 0) is 12.7 Å². The van der Waals surface area contributed by atoms with E-state index in [0.717, 1.165) is 11.0 Å². The first-order valence-electron chi connectivity index (χ1n) is 10.1. The van der Waals surface area contributed by atoms with Gasteiger partial charge in [0.2, 0.25) is 0 Å². The largest absolute Gasteiger partial charge is 0.417 e. The van der Waals surface area contributed by atoms with Crippen LogP contribution in [0.5, 0.6) is 0 Å². The molecule has 2 atom stereocenters. The molecule has 1 N–H and O–H groups in total. The summed E-state index contributed by atoms with van der Waals surface area (Å²) in [5.74, 6) is -0.158. The number of halogens is 4. The van der Waals surface area contributed by atoms with E-state index in [-0.39, 0.29) is 23.0 Å². The van der Waals surface area contributed by atoms with E-state index in [0.29, 0.717) is 23.6 Å². The molecule has 9 heteroatoms. The fraction of sp³-hybridized carbons (Fsp3) is 0.304. The zero-order valence-corrected chi connectivity index (χ0v) is 18.8. The lowest BCUT2D eigenvalue weighted by Crippen LogP contribution is -2.39. The third kappa shape index (κ3) is 4.72. The van der Waals surface area contributed by atoms with Crippen LogP contribution >= 0.6 is 23.4 Å². The Bertz CT molecular complexity index is 1130. The van der Waals surface area contributed by atoms with Gasteiger partial charge in [-0.2, -0.15) is 18.3 Å². The summed E-state index contributed by atoms with van der Waals surface area (Å²) < 4.78 is 42.3. The van der Waals surface area contributed by atoms with E-state index in [1.165, 1.54) is 36.3 Å². The Balaban J connectivity index is 1.67. The van der Waals surface area contributed by atoms with Gasteiger partial charge in [0.1, 0.15) is 11.9 Å². The number of alkyl halides is 3. The molecule has 0 radical (unpaired) electrons. The lowest BCUT2D eigenvalue weighted by Gasteiger charge is -2.30. The molecule has 0 saturated heterocycles. The predicted octanol–water partition coefficient (Wildman–Crippen LogP) is 6.35. The van der Waals surface area contributed by atoms with Gasteiger partial charge >= 0.3 is 6.18 Å². The average molecular weight is 480 g/mol. The maximum atomic E-state index is 13.6. The van der Waals surface area contributed by atoms with Crippen molar-refractivity contribution in [1.82, 2.24) is 14.8 Å². The van der Waals surface area contributed by atoms with Crippen molar-refractivity contribution in [3.63, 3.8) is 0 Å². The van der Waals surface area contributed by atoms with E-state index >= 15 is 0 Å². The first-order chi connectivity index (χ1) is 15.2. The molecule has 4 nitrogen and oxygen atoms in total. The van der Waals surface area contributed by atoms with Crippen molar-refractivity contribution < 1.29 is 18.3 Å². The quantitative estimate of drug-likeness (QED) is 0.463. The Morgan fingerprint density at radius 2 is 2.00 bits per heavy atom. The number of nitrogens with zero attached hydrogens (tertiary/aromatic N) is 3. The van der Waals surface area contributed by atoms with Crippen LogP contribution in [-0.4, -0.2) is 25.5 Å². The highest BCUT2D eigenvalue weighted by molar-refractivity contribution is 7.99. The molecule has 0 bridgehead atoms. The molecular weight excluding hydrogens is 459 g/mol. The highest BCUT2D eigenvalue weighted by Gasteiger charge is 2.44. The monoisotopic (exact) mass is 479 g/mol. The number of benzene rings is 2. The molecule has 1 aliphatic carbocycles. The Morgan fingerprint density at radius 1 is 1.25 bits per heavy atom. The van der Waals surface area contributed by atoms with Crippen LogP contribution in [0.15, 0.2) is 70.5 Å². The van der Waals surface area contributed by atoms with Crippen LogP contribution in [0.3, 0.4) is 0 Å². The first-order valence-corrected chi connectivity index (χ1v) is 11.3. The van der Waals surface area contributed by atoms with Gasteiger partial charge in [0.05, 0.1) is 12.1 Å². The fourth-order valence-corrected chi connectivity index (χ4v) is 4.94. The minimum atomic E-state index is -4.55. The Morgan fingerprint density at radius 3 is 2.72 bits per heavy atom. The SMILES string of the molecule is CC1CC/C(=C\c2ccc(Cl)cc2C(F)(F)F)C1(O)Cn1ncnc1Sc1ccccc1. The Labute approximate surface area is 193 Å². The van der Waals surface area contributed by atoms with Crippen molar-refractivity contribution in [3.05, 3.63) is 76.6 Å². The molecule has 1 aromatic heterocycles. The molecule has 0 amide bonds. The predicted molar refractivity (Wildman–Crippen MR) is 118 cm³/mol. The van der Waals surface area contributed by atoms with E-state index in [9.17, 15) is 18.3 Å². The van der Waals surface area contributed by atoms with Crippen molar-refractivity contribution in [2.45, 2.75) is 48.1 Å². The third-order valence-corrected chi connectivity index (χ3v) is 7.03. The van der Waals surface area contributed by atoms with Gasteiger partial charge in [0, 0.05) is 9.92 Å². The minimum absolute atomic E-state index is 0.0121. The molecular formula is C23H21ClF3N3OS. The molecule has 0 aliphatic heterocycles. The summed E-state index contributed by atoms with van der Waals surface area (Å²) in [7, 11) is 0. The van der Waals surface area contributed by atoms with Crippen molar-refractivity contribution in [1.29, 1.82) is 0 Å². The van der Waals surface area contributed by atoms with Gasteiger partial charge in [0.25, 0.3) is 0 Å². The zero-order valence-electron chi connectivity index (χ0n) is 17.2. The first kappa shape index (κ1) is 22.9. The van der Waals surface area contributed by atoms with E-state index in [1.54, 1.807) is 4.68 Å². The number of hydrogen-bond acceptors (Lipinski definition) is 4. The molecule has 1 fully saturated rings. The summed E-state index contributed by atoms with van der Waals surface area (Å²) in [6, 6.07) is 13.3. The normalized spacial score (nSPS) is 22.6. The third-order valence-electron chi connectivity index (χ3n) is 5.79. The topological polar surface area (TPSA) is 50.9 Å². The molecule has 3 aromatic rings. The molecule has 1 aliphatic rings. The van der Waals surface area contributed by atoms with E-state index in [1.807, 2.05) is 37.3 Å². The second-order valence-electron chi connectivity index (χ2n) is 7.88. The van der Waals surface area contributed by atoms with Crippen LogP contribution in [0.2, 0.25) is 5.02 Å². The number of hydrogen-bond donors (Lipinski definition) is 1. The smallest absolute Gasteiger partial charge is 0.383 e. The molecule has 1 heterocycles. The number of rotatable bonds is 5. The van der Waals surface area contributed by atoms with Gasteiger partial charge in [0.15, 0.2) is 5.16 Å². The minimum Gasteiger partial charge on any atom is -0.383 e. The zero-order chi connectivity index (χ0) is 22.9. The molecule has 1 saturated carbocycles. The highest BCUT2D eigenvalue weighted by Crippen LogP contribution is 2.44. The van der Waals surface area contributed by atoms with Crippen LogP contribution < -0.4 is 0 Å². The maximum absolute atomic E-state index is 13.6. The van der Waals surface area contributed by atoms with Gasteiger partial charge in [-0.1, -0.05) is 60.6 Å². The molecule has 2 aromatic carbocycles. The second-order valence-corrected chi connectivity index (χ2v) is 9.36. The molecule has 0 spiro atoms. The fourth-order valence-electron chi connectivity index (χ4n) is 3.95. The number of aliphatic hydroxyl groups is 1. The van der Waals surface area contributed by atoms with Crippen LogP contribution in [0.4, 0.5) is 13.2 Å².